The Bertz CT molecular complexity index is 1180. The minimum Gasteiger partial charge on any atom is -0.461 e. The van der Waals surface area contributed by atoms with Crippen LogP contribution in [0.1, 0.15) is 45.6 Å². The van der Waals surface area contributed by atoms with E-state index in [4.69, 9.17) is 27.9 Å². The van der Waals surface area contributed by atoms with Crippen LogP contribution in [0.2, 0.25) is 10.0 Å². The van der Waals surface area contributed by atoms with Crippen molar-refractivity contribution >= 4 is 40.9 Å². The molecule has 0 bridgehead atoms. The number of carbonyl (C=O) groups excluding carboxylic acids is 1. The van der Waals surface area contributed by atoms with Crippen LogP contribution in [0.25, 0.3) is 17.1 Å². The van der Waals surface area contributed by atoms with Crippen molar-refractivity contribution in [3.05, 3.63) is 58.1 Å². The van der Waals surface area contributed by atoms with Gasteiger partial charge in [0.05, 0.1) is 11.4 Å². The first kappa shape index (κ1) is 26.1. The van der Waals surface area contributed by atoms with Gasteiger partial charge in [0.15, 0.2) is 11.0 Å². The van der Waals surface area contributed by atoms with Crippen molar-refractivity contribution in [2.24, 2.45) is 17.8 Å². The highest BCUT2D eigenvalue weighted by Gasteiger charge is 2.33. The Labute approximate surface area is 221 Å². The molecule has 1 heterocycles. The quantitative estimate of drug-likeness (QED) is 0.231. The number of ether oxygens (including phenoxy) is 1. The molecule has 1 fully saturated rings. The maximum Gasteiger partial charge on any atom is 0.316 e. The van der Waals surface area contributed by atoms with E-state index in [2.05, 4.69) is 31.0 Å². The third kappa shape index (κ3) is 6.22. The molecular formula is C27H31Cl2N3O2S. The lowest BCUT2D eigenvalue weighted by atomic mass is 9.75. The van der Waals surface area contributed by atoms with Gasteiger partial charge in [-0.05, 0) is 79.5 Å². The van der Waals surface area contributed by atoms with Crippen molar-refractivity contribution in [1.82, 2.24) is 14.8 Å². The molecule has 0 saturated heterocycles. The second kappa shape index (κ2) is 11.4. The van der Waals surface area contributed by atoms with Crippen LogP contribution in [-0.2, 0) is 9.53 Å². The van der Waals surface area contributed by atoms with Crippen LogP contribution in [0, 0.1) is 24.7 Å². The van der Waals surface area contributed by atoms with Gasteiger partial charge in [-0.25, -0.2) is 0 Å². The van der Waals surface area contributed by atoms with E-state index in [1.54, 1.807) is 0 Å². The summed E-state index contributed by atoms with van der Waals surface area (Å²) in [7, 11) is 0. The van der Waals surface area contributed by atoms with Crippen molar-refractivity contribution < 1.29 is 9.53 Å². The summed E-state index contributed by atoms with van der Waals surface area (Å²) in [4.78, 5) is 12.9. The number of carbonyl (C=O) groups is 1. The topological polar surface area (TPSA) is 57.0 Å². The molecule has 1 aliphatic rings. The summed E-state index contributed by atoms with van der Waals surface area (Å²) in [6, 6.07) is 13.3. The van der Waals surface area contributed by atoms with Crippen molar-refractivity contribution in [1.29, 1.82) is 0 Å². The van der Waals surface area contributed by atoms with Crippen LogP contribution in [0.5, 0.6) is 0 Å². The minimum atomic E-state index is -0.218. The highest BCUT2D eigenvalue weighted by Crippen LogP contribution is 2.36. The predicted octanol–water partition coefficient (Wildman–Crippen LogP) is 7.65. The van der Waals surface area contributed by atoms with Gasteiger partial charge in [-0.1, -0.05) is 68.2 Å². The van der Waals surface area contributed by atoms with E-state index >= 15 is 0 Å². The fraction of sp³-hybridized carbons (Fsp3) is 0.444. The number of benzene rings is 2. The normalized spacial score (nSPS) is 20.3. The van der Waals surface area contributed by atoms with Crippen LogP contribution >= 0.6 is 35.0 Å². The maximum absolute atomic E-state index is 12.9. The zero-order chi connectivity index (χ0) is 25.1. The average Bonchev–Trinajstić information content (AvgIpc) is 3.24. The number of halogens is 2. The number of aromatic nitrogens is 3. The van der Waals surface area contributed by atoms with Crippen molar-refractivity contribution in [2.45, 2.75) is 58.2 Å². The van der Waals surface area contributed by atoms with Gasteiger partial charge < -0.3 is 4.74 Å². The molecule has 1 saturated carbocycles. The molecule has 3 aromatic rings. The van der Waals surface area contributed by atoms with Gasteiger partial charge in [-0.2, -0.15) is 0 Å². The lowest BCUT2D eigenvalue weighted by molar-refractivity contribution is -0.152. The molecule has 0 spiro atoms. The van der Waals surface area contributed by atoms with Gasteiger partial charge in [-0.3, -0.25) is 9.36 Å². The highest BCUT2D eigenvalue weighted by molar-refractivity contribution is 7.99. The molecule has 1 aliphatic carbocycles. The Morgan fingerprint density at radius 2 is 1.89 bits per heavy atom. The largest absolute Gasteiger partial charge is 0.461 e. The Morgan fingerprint density at radius 1 is 1.14 bits per heavy atom. The first-order valence-corrected chi connectivity index (χ1v) is 13.8. The second-order valence-electron chi connectivity index (χ2n) is 9.73. The van der Waals surface area contributed by atoms with Gasteiger partial charge >= 0.3 is 5.97 Å². The first-order valence-electron chi connectivity index (χ1n) is 12.0. The number of esters is 1. The van der Waals surface area contributed by atoms with Crippen LogP contribution in [0.15, 0.2) is 47.6 Å². The molecule has 8 heteroatoms. The number of nitrogens with zero attached hydrogens (tertiary/aromatic N) is 3. The van der Waals surface area contributed by atoms with Crippen LogP contribution in [-0.4, -0.2) is 32.6 Å². The van der Waals surface area contributed by atoms with E-state index in [0.717, 1.165) is 29.7 Å². The van der Waals surface area contributed by atoms with Gasteiger partial charge in [0.2, 0.25) is 0 Å². The average molecular weight is 533 g/mol. The van der Waals surface area contributed by atoms with Crippen molar-refractivity contribution in [2.75, 3.05) is 5.75 Å². The smallest absolute Gasteiger partial charge is 0.316 e. The lowest BCUT2D eigenvalue weighted by Gasteiger charge is -2.36. The van der Waals surface area contributed by atoms with Crippen LogP contribution < -0.4 is 0 Å². The fourth-order valence-electron chi connectivity index (χ4n) is 4.68. The molecule has 1 aromatic heterocycles. The van der Waals surface area contributed by atoms with Gasteiger partial charge in [-0.15, -0.1) is 10.2 Å². The van der Waals surface area contributed by atoms with E-state index in [0.29, 0.717) is 38.8 Å². The minimum absolute atomic E-state index is 0.0229. The highest BCUT2D eigenvalue weighted by atomic mass is 35.5. The maximum atomic E-state index is 12.9. The number of thioether (sulfide) groups is 1. The standard InChI is InChI=1S/C27H31Cl2N3O2S/c1-16(2)22-12-5-17(3)13-24(22)34-25(33)15-35-27-31-30-26(19-7-9-20(28)10-8-19)32(27)21-11-6-18(4)23(29)14-21/h6-11,14,16-17,22,24H,5,12-13,15H2,1-4H3/t17-,22+,24-/m0/s1. The molecule has 186 valence electrons. The zero-order valence-electron chi connectivity index (χ0n) is 20.5. The summed E-state index contributed by atoms with van der Waals surface area (Å²) in [6.45, 7) is 8.62. The summed E-state index contributed by atoms with van der Waals surface area (Å²) in [5.74, 6) is 2.07. The number of aryl methyl sites for hydroxylation is 1. The third-order valence-electron chi connectivity index (χ3n) is 6.71. The summed E-state index contributed by atoms with van der Waals surface area (Å²) < 4.78 is 7.91. The van der Waals surface area contributed by atoms with Gasteiger partial charge in [0, 0.05) is 15.6 Å². The lowest BCUT2D eigenvalue weighted by Crippen LogP contribution is -2.36. The number of hydrogen-bond acceptors (Lipinski definition) is 5. The summed E-state index contributed by atoms with van der Waals surface area (Å²) in [5, 5.41) is 10.7. The monoisotopic (exact) mass is 531 g/mol. The molecule has 0 amide bonds. The predicted molar refractivity (Wildman–Crippen MR) is 143 cm³/mol. The number of rotatable bonds is 7. The SMILES string of the molecule is Cc1ccc(-n2c(SCC(=O)O[C@H]3C[C@@H](C)CC[C@@H]3C(C)C)nnc2-c2ccc(Cl)cc2)cc1Cl. The summed E-state index contributed by atoms with van der Waals surface area (Å²) >= 11 is 13.8. The summed E-state index contributed by atoms with van der Waals surface area (Å²) in [6.07, 6.45) is 3.21. The zero-order valence-corrected chi connectivity index (χ0v) is 22.8. The molecule has 0 N–H and O–H groups in total. The Kier molecular flexibility index (Phi) is 8.46. The fourth-order valence-corrected chi connectivity index (χ4v) is 5.71. The van der Waals surface area contributed by atoms with E-state index in [-0.39, 0.29) is 17.8 Å². The van der Waals surface area contributed by atoms with Gasteiger partial charge in [0.25, 0.3) is 0 Å². The molecule has 0 unspecified atom stereocenters. The van der Waals surface area contributed by atoms with Crippen LogP contribution in [0.3, 0.4) is 0 Å². The number of hydrogen-bond donors (Lipinski definition) is 0. The molecule has 4 rings (SSSR count). The van der Waals surface area contributed by atoms with E-state index in [9.17, 15) is 4.79 Å². The molecule has 0 radical (unpaired) electrons. The summed E-state index contributed by atoms with van der Waals surface area (Å²) in [5.41, 5.74) is 2.67. The Hall–Kier alpha value is -2.02. The molecule has 0 aliphatic heterocycles. The first-order chi connectivity index (χ1) is 16.7. The van der Waals surface area contributed by atoms with Crippen LogP contribution in [0.4, 0.5) is 0 Å². The Balaban J connectivity index is 1.57. The molecular weight excluding hydrogens is 501 g/mol. The third-order valence-corrected chi connectivity index (χ3v) is 8.27. The molecule has 2 aromatic carbocycles. The van der Waals surface area contributed by atoms with E-state index in [1.807, 2.05) is 54.0 Å². The second-order valence-corrected chi connectivity index (χ2v) is 11.5. The molecule has 3 atom stereocenters. The molecule has 5 nitrogen and oxygen atoms in total. The Morgan fingerprint density at radius 3 is 2.57 bits per heavy atom. The van der Waals surface area contributed by atoms with E-state index in [1.165, 1.54) is 18.2 Å². The van der Waals surface area contributed by atoms with E-state index < -0.39 is 0 Å². The molecule has 35 heavy (non-hydrogen) atoms. The van der Waals surface area contributed by atoms with Gasteiger partial charge in [0.1, 0.15) is 6.10 Å². The van der Waals surface area contributed by atoms with Crippen molar-refractivity contribution in [3.63, 3.8) is 0 Å². The van der Waals surface area contributed by atoms with Crippen molar-refractivity contribution in [3.8, 4) is 17.1 Å².